The van der Waals surface area contributed by atoms with E-state index in [2.05, 4.69) is 40.5 Å². The zero-order chi connectivity index (χ0) is 25.1. The lowest BCUT2D eigenvalue weighted by Crippen LogP contribution is -2.39. The number of carbonyl (C=O) groups is 1. The largest absolute Gasteiger partial charge is 0.393 e. The van der Waals surface area contributed by atoms with E-state index in [9.17, 15) is 9.90 Å². The Bertz CT molecular complexity index is 1300. The first-order valence-corrected chi connectivity index (χ1v) is 12.2. The maximum absolute atomic E-state index is 12.5. The summed E-state index contributed by atoms with van der Waals surface area (Å²) in [6.07, 6.45) is 4.87. The average Bonchev–Trinajstić information content (AvgIpc) is 2.90. The van der Waals surface area contributed by atoms with Crippen LogP contribution in [0.15, 0.2) is 36.7 Å². The fourth-order valence-corrected chi connectivity index (χ4v) is 4.80. The number of anilines is 3. The van der Waals surface area contributed by atoms with Gasteiger partial charge in [0.05, 0.1) is 24.9 Å². The topological polar surface area (TPSA) is 121 Å². The Morgan fingerprint density at radius 3 is 2.69 bits per heavy atom. The first-order valence-electron chi connectivity index (χ1n) is 11.8. The van der Waals surface area contributed by atoms with Crippen LogP contribution in [0, 0.1) is 6.57 Å². The molecule has 3 heterocycles. The number of benzene rings is 1. The zero-order valence-electron chi connectivity index (χ0n) is 19.5. The summed E-state index contributed by atoms with van der Waals surface area (Å²) in [6.45, 7) is 8.50. The van der Waals surface area contributed by atoms with E-state index < -0.39 is 0 Å². The van der Waals surface area contributed by atoms with E-state index in [0.29, 0.717) is 48.2 Å². The van der Waals surface area contributed by atoms with Gasteiger partial charge in [0.15, 0.2) is 11.5 Å². The predicted octanol–water partition coefficient (Wildman–Crippen LogP) is 3.81. The Hall–Kier alpha value is -3.81. The first-order chi connectivity index (χ1) is 17.5. The molecule has 1 saturated carbocycles. The van der Waals surface area contributed by atoms with E-state index in [1.54, 1.807) is 18.2 Å². The molecule has 0 spiro atoms. The number of nitrogens with one attached hydrogen (secondary N) is 2. The summed E-state index contributed by atoms with van der Waals surface area (Å²) < 4.78 is 0. The van der Waals surface area contributed by atoms with Gasteiger partial charge in [-0.2, -0.15) is 0 Å². The SMILES string of the molecule is [C-]#[N+]c1ccc(N2CCc3c(ncnc3Nc3ccc(C(=O)NC4CCC(O)CC4)nn3)C2)cc1Cl. The average molecular weight is 505 g/mol. The highest BCUT2D eigenvalue weighted by atomic mass is 35.5. The van der Waals surface area contributed by atoms with Gasteiger partial charge in [0.1, 0.15) is 12.1 Å². The fraction of sp³-hybridized carbons (Fsp3) is 0.360. The van der Waals surface area contributed by atoms with E-state index in [4.69, 9.17) is 18.2 Å². The molecule has 1 amide bonds. The molecule has 11 heteroatoms. The normalized spacial score (nSPS) is 19.2. The minimum Gasteiger partial charge on any atom is -0.393 e. The van der Waals surface area contributed by atoms with Gasteiger partial charge in [0.25, 0.3) is 5.91 Å². The number of amides is 1. The summed E-state index contributed by atoms with van der Waals surface area (Å²) in [4.78, 5) is 27.0. The second-order valence-electron chi connectivity index (χ2n) is 8.97. The molecule has 36 heavy (non-hydrogen) atoms. The van der Waals surface area contributed by atoms with Crippen LogP contribution in [0.25, 0.3) is 4.85 Å². The molecule has 1 aromatic carbocycles. The van der Waals surface area contributed by atoms with Gasteiger partial charge in [-0.05, 0) is 56.4 Å². The monoisotopic (exact) mass is 504 g/mol. The lowest BCUT2D eigenvalue weighted by Gasteiger charge is -2.31. The quantitative estimate of drug-likeness (QED) is 0.448. The molecule has 0 radical (unpaired) electrons. The van der Waals surface area contributed by atoms with Crippen LogP contribution in [0.3, 0.4) is 0 Å². The van der Waals surface area contributed by atoms with Gasteiger partial charge in [0.2, 0.25) is 5.69 Å². The molecule has 0 bridgehead atoms. The molecule has 0 atom stereocenters. The number of halogens is 1. The number of carbonyl (C=O) groups excluding carboxylic acids is 1. The van der Waals surface area contributed by atoms with Crippen LogP contribution < -0.4 is 15.5 Å². The minimum absolute atomic E-state index is 0.0502. The highest BCUT2D eigenvalue weighted by Crippen LogP contribution is 2.33. The maximum Gasteiger partial charge on any atom is 0.272 e. The maximum atomic E-state index is 12.5. The van der Waals surface area contributed by atoms with Crippen molar-refractivity contribution >= 4 is 40.5 Å². The highest BCUT2D eigenvalue weighted by Gasteiger charge is 2.23. The molecule has 1 aliphatic heterocycles. The summed E-state index contributed by atoms with van der Waals surface area (Å²) in [5.74, 6) is 0.880. The molecule has 1 aliphatic carbocycles. The summed E-state index contributed by atoms with van der Waals surface area (Å²) in [5, 5.41) is 24.5. The van der Waals surface area contributed by atoms with Gasteiger partial charge in [-0.25, -0.2) is 14.8 Å². The zero-order valence-corrected chi connectivity index (χ0v) is 20.2. The lowest BCUT2D eigenvalue weighted by molar-refractivity contribution is 0.0862. The summed E-state index contributed by atoms with van der Waals surface area (Å²) in [5.41, 5.74) is 3.52. The minimum atomic E-state index is -0.269. The molecule has 1 fully saturated rings. The Labute approximate surface area is 213 Å². The molecular weight excluding hydrogens is 480 g/mol. The second kappa shape index (κ2) is 10.4. The first kappa shape index (κ1) is 23.9. The number of hydrogen-bond donors (Lipinski definition) is 3. The molecule has 10 nitrogen and oxygen atoms in total. The van der Waals surface area contributed by atoms with Crippen molar-refractivity contribution in [2.24, 2.45) is 0 Å². The van der Waals surface area contributed by atoms with Crippen LogP contribution in [0.2, 0.25) is 5.02 Å². The van der Waals surface area contributed by atoms with Crippen molar-refractivity contribution in [1.82, 2.24) is 25.5 Å². The molecule has 2 aromatic heterocycles. The van der Waals surface area contributed by atoms with Crippen LogP contribution in [-0.2, 0) is 13.0 Å². The predicted molar refractivity (Wildman–Crippen MR) is 136 cm³/mol. The Morgan fingerprint density at radius 1 is 1.14 bits per heavy atom. The van der Waals surface area contributed by atoms with Crippen molar-refractivity contribution in [3.05, 3.63) is 70.1 Å². The Morgan fingerprint density at radius 2 is 1.97 bits per heavy atom. The van der Waals surface area contributed by atoms with Gasteiger partial charge >= 0.3 is 0 Å². The van der Waals surface area contributed by atoms with E-state index in [1.807, 2.05) is 12.1 Å². The molecule has 0 saturated heterocycles. The van der Waals surface area contributed by atoms with Crippen molar-refractivity contribution in [2.45, 2.75) is 50.8 Å². The number of aromatic nitrogens is 4. The summed E-state index contributed by atoms with van der Waals surface area (Å²) in [7, 11) is 0. The van der Waals surface area contributed by atoms with Crippen LogP contribution in [-0.4, -0.2) is 49.9 Å². The van der Waals surface area contributed by atoms with Gasteiger partial charge in [0, 0.05) is 28.9 Å². The van der Waals surface area contributed by atoms with Crippen molar-refractivity contribution in [3.8, 4) is 0 Å². The Kier molecular flexibility index (Phi) is 6.93. The van der Waals surface area contributed by atoms with Crippen LogP contribution in [0.4, 0.5) is 23.0 Å². The van der Waals surface area contributed by atoms with E-state index in [0.717, 1.165) is 36.3 Å². The Balaban J connectivity index is 1.24. The van der Waals surface area contributed by atoms with Crippen LogP contribution in [0.5, 0.6) is 0 Å². The number of hydrogen-bond acceptors (Lipinski definition) is 8. The molecule has 184 valence electrons. The number of fused-ring (bicyclic) bond motifs is 1. The molecule has 0 unspecified atom stereocenters. The summed E-state index contributed by atoms with van der Waals surface area (Å²) in [6, 6.07) is 8.83. The third-order valence-corrected chi connectivity index (χ3v) is 6.90. The van der Waals surface area contributed by atoms with E-state index in [1.165, 1.54) is 6.33 Å². The number of aliphatic hydroxyl groups excluding tert-OH is 1. The number of nitrogens with zero attached hydrogens (tertiary/aromatic N) is 6. The fourth-order valence-electron chi connectivity index (χ4n) is 4.59. The third kappa shape index (κ3) is 5.22. The molecular formula is C25H25ClN8O2. The van der Waals surface area contributed by atoms with Crippen molar-refractivity contribution < 1.29 is 9.90 Å². The van der Waals surface area contributed by atoms with Crippen molar-refractivity contribution in [2.75, 3.05) is 16.8 Å². The number of rotatable bonds is 5. The standard InChI is InChI=1S/C25H25ClN8O2/c1-27-20-7-4-16(12-19(20)26)34-11-10-18-22(13-34)28-14-29-24(18)31-23-9-8-21(32-33-23)25(36)30-15-2-5-17(35)6-3-15/h4,7-9,12,14-15,17,35H,2-3,5-6,10-11,13H2,(H,30,36)(H,28,29,31,33). The van der Waals surface area contributed by atoms with E-state index >= 15 is 0 Å². The van der Waals surface area contributed by atoms with Crippen LogP contribution >= 0.6 is 11.6 Å². The molecule has 3 N–H and O–H groups in total. The molecule has 5 rings (SSSR count). The second-order valence-corrected chi connectivity index (χ2v) is 9.38. The smallest absolute Gasteiger partial charge is 0.272 e. The lowest BCUT2D eigenvalue weighted by atomic mass is 9.93. The van der Waals surface area contributed by atoms with Crippen molar-refractivity contribution in [3.63, 3.8) is 0 Å². The van der Waals surface area contributed by atoms with Gasteiger partial charge in [-0.1, -0.05) is 17.7 Å². The molecule has 2 aliphatic rings. The number of aliphatic hydroxyl groups is 1. The van der Waals surface area contributed by atoms with Gasteiger partial charge in [-0.3, -0.25) is 4.79 Å². The van der Waals surface area contributed by atoms with Gasteiger partial charge < -0.3 is 20.6 Å². The highest BCUT2D eigenvalue weighted by molar-refractivity contribution is 6.33. The van der Waals surface area contributed by atoms with Crippen molar-refractivity contribution in [1.29, 1.82) is 0 Å². The summed E-state index contributed by atoms with van der Waals surface area (Å²) >= 11 is 6.23. The molecule has 3 aromatic rings. The van der Waals surface area contributed by atoms with Crippen LogP contribution in [0.1, 0.15) is 47.4 Å². The van der Waals surface area contributed by atoms with Gasteiger partial charge in [-0.15, -0.1) is 10.2 Å². The van der Waals surface area contributed by atoms with E-state index in [-0.39, 0.29) is 23.7 Å². The third-order valence-electron chi connectivity index (χ3n) is 6.60.